The van der Waals surface area contributed by atoms with Crippen LogP contribution in [-0.2, 0) is 14.9 Å². The van der Waals surface area contributed by atoms with Crippen LogP contribution in [0.2, 0.25) is 0 Å². The minimum Gasteiger partial charge on any atom is -0.487 e. The molecule has 28 heavy (non-hydrogen) atoms. The van der Waals surface area contributed by atoms with Crippen molar-refractivity contribution in [1.29, 1.82) is 0 Å². The zero-order valence-electron chi connectivity index (χ0n) is 18.7. The lowest BCUT2D eigenvalue weighted by molar-refractivity contribution is -0.142. The van der Waals surface area contributed by atoms with Crippen LogP contribution in [0.4, 0.5) is 0 Å². The van der Waals surface area contributed by atoms with Gasteiger partial charge in [-0.2, -0.15) is 0 Å². The SMILES string of the molecule is CCCCCCC(C)(C)c1cc(C)c2c(c1)OC(C)(C)[C@@H]1CCOC(=O)C[C@@H]21. The third-order valence-electron chi connectivity index (χ3n) is 6.99. The van der Waals surface area contributed by atoms with Crippen LogP contribution in [0, 0.1) is 12.8 Å². The maximum atomic E-state index is 12.2. The van der Waals surface area contributed by atoms with Gasteiger partial charge in [-0.3, -0.25) is 4.79 Å². The van der Waals surface area contributed by atoms with Crippen molar-refractivity contribution in [2.24, 2.45) is 5.92 Å². The zero-order chi connectivity index (χ0) is 20.5. The highest BCUT2D eigenvalue weighted by Crippen LogP contribution is 2.51. The monoisotopic (exact) mass is 386 g/mol. The predicted molar refractivity (Wildman–Crippen MR) is 114 cm³/mol. The van der Waals surface area contributed by atoms with E-state index in [1.165, 1.54) is 48.8 Å². The Hall–Kier alpha value is -1.51. The van der Waals surface area contributed by atoms with Crippen LogP contribution in [0.3, 0.4) is 0 Å². The molecular formula is C25H38O3. The second-order valence-corrected chi connectivity index (χ2v) is 10.0. The number of hydrogen-bond donors (Lipinski definition) is 0. The molecule has 3 heteroatoms. The highest BCUT2D eigenvalue weighted by atomic mass is 16.5. The number of esters is 1. The van der Waals surface area contributed by atoms with Gasteiger partial charge in [0.2, 0.25) is 0 Å². The zero-order valence-corrected chi connectivity index (χ0v) is 18.7. The van der Waals surface area contributed by atoms with Crippen LogP contribution >= 0.6 is 0 Å². The van der Waals surface area contributed by atoms with E-state index >= 15 is 0 Å². The Morgan fingerprint density at radius 2 is 1.93 bits per heavy atom. The van der Waals surface area contributed by atoms with Crippen LogP contribution in [0.15, 0.2) is 12.1 Å². The van der Waals surface area contributed by atoms with Gasteiger partial charge >= 0.3 is 5.97 Å². The molecule has 0 spiro atoms. The molecule has 0 aromatic heterocycles. The molecule has 156 valence electrons. The van der Waals surface area contributed by atoms with Gasteiger partial charge in [-0.1, -0.05) is 52.5 Å². The second kappa shape index (κ2) is 8.08. The Kier molecular flexibility index (Phi) is 6.12. The van der Waals surface area contributed by atoms with E-state index in [0.29, 0.717) is 18.9 Å². The first-order valence-electron chi connectivity index (χ1n) is 11.2. The summed E-state index contributed by atoms with van der Waals surface area (Å²) in [5.41, 5.74) is 3.68. The van der Waals surface area contributed by atoms with Gasteiger partial charge in [0.05, 0.1) is 13.0 Å². The summed E-state index contributed by atoms with van der Waals surface area (Å²) in [5.74, 6) is 1.40. The molecule has 1 fully saturated rings. The number of unbranched alkanes of at least 4 members (excludes halogenated alkanes) is 3. The molecule has 0 amide bonds. The van der Waals surface area contributed by atoms with Crippen molar-refractivity contribution in [3.05, 3.63) is 28.8 Å². The van der Waals surface area contributed by atoms with Gasteiger partial charge in [0.1, 0.15) is 11.4 Å². The molecule has 0 radical (unpaired) electrons. The Bertz CT molecular complexity index is 717. The van der Waals surface area contributed by atoms with E-state index in [4.69, 9.17) is 9.47 Å². The summed E-state index contributed by atoms with van der Waals surface area (Å²) in [6.07, 6.45) is 7.67. The molecule has 2 heterocycles. The summed E-state index contributed by atoms with van der Waals surface area (Å²) in [5, 5.41) is 0. The molecule has 1 aromatic rings. The third kappa shape index (κ3) is 4.23. The number of benzene rings is 1. The van der Waals surface area contributed by atoms with Gasteiger partial charge in [-0.25, -0.2) is 0 Å². The van der Waals surface area contributed by atoms with Gasteiger partial charge in [-0.05, 0) is 56.2 Å². The fourth-order valence-corrected chi connectivity index (χ4v) is 5.23. The van der Waals surface area contributed by atoms with E-state index in [2.05, 4.69) is 53.7 Å². The van der Waals surface area contributed by atoms with E-state index in [1.54, 1.807) is 0 Å². The molecule has 1 saturated heterocycles. The van der Waals surface area contributed by atoms with E-state index in [9.17, 15) is 4.79 Å². The maximum Gasteiger partial charge on any atom is 0.306 e. The number of rotatable bonds is 6. The number of fused-ring (bicyclic) bond motifs is 3. The average Bonchev–Trinajstić information content (AvgIpc) is 2.80. The Morgan fingerprint density at radius 1 is 1.18 bits per heavy atom. The van der Waals surface area contributed by atoms with Crippen LogP contribution in [0.5, 0.6) is 5.75 Å². The van der Waals surface area contributed by atoms with E-state index in [1.807, 2.05) is 0 Å². The number of ether oxygens (including phenoxy) is 2. The smallest absolute Gasteiger partial charge is 0.306 e. The molecular weight excluding hydrogens is 348 g/mol. The molecule has 3 nitrogen and oxygen atoms in total. The lowest BCUT2D eigenvalue weighted by Crippen LogP contribution is -2.45. The van der Waals surface area contributed by atoms with Crippen molar-refractivity contribution in [1.82, 2.24) is 0 Å². The summed E-state index contributed by atoms with van der Waals surface area (Å²) in [6, 6.07) is 4.60. The first-order chi connectivity index (χ1) is 13.2. The predicted octanol–water partition coefficient (Wildman–Crippen LogP) is 6.45. The highest BCUT2D eigenvalue weighted by Gasteiger charge is 2.46. The van der Waals surface area contributed by atoms with Crippen molar-refractivity contribution < 1.29 is 14.3 Å². The maximum absolute atomic E-state index is 12.2. The number of hydrogen-bond acceptors (Lipinski definition) is 3. The highest BCUT2D eigenvalue weighted by molar-refractivity contribution is 5.72. The fraction of sp³-hybridized carbons (Fsp3) is 0.720. The lowest BCUT2D eigenvalue weighted by atomic mass is 9.69. The minimum atomic E-state index is -0.290. The molecule has 0 N–H and O–H groups in total. The Labute approximate surface area is 171 Å². The molecule has 0 bridgehead atoms. The first kappa shape index (κ1) is 21.2. The van der Waals surface area contributed by atoms with Crippen LogP contribution < -0.4 is 4.74 Å². The minimum absolute atomic E-state index is 0.0733. The fourth-order valence-electron chi connectivity index (χ4n) is 5.23. The molecule has 1 aromatic carbocycles. The summed E-state index contributed by atoms with van der Waals surface area (Å²) in [7, 11) is 0. The van der Waals surface area contributed by atoms with Gasteiger partial charge in [-0.15, -0.1) is 0 Å². The van der Waals surface area contributed by atoms with Crippen molar-refractivity contribution >= 4 is 5.97 Å². The molecule has 3 rings (SSSR count). The molecule has 2 aliphatic heterocycles. The normalized spacial score (nSPS) is 23.9. The molecule has 0 aliphatic carbocycles. The van der Waals surface area contributed by atoms with E-state index in [-0.39, 0.29) is 22.9 Å². The van der Waals surface area contributed by atoms with E-state index < -0.39 is 0 Å². The van der Waals surface area contributed by atoms with Crippen molar-refractivity contribution in [3.8, 4) is 5.75 Å². The van der Waals surface area contributed by atoms with Crippen LogP contribution in [0.25, 0.3) is 0 Å². The van der Waals surface area contributed by atoms with Crippen molar-refractivity contribution in [2.75, 3.05) is 6.61 Å². The Morgan fingerprint density at radius 3 is 2.64 bits per heavy atom. The van der Waals surface area contributed by atoms with Gasteiger partial charge < -0.3 is 9.47 Å². The number of carbonyl (C=O) groups excluding carboxylic acids is 1. The van der Waals surface area contributed by atoms with Gasteiger partial charge in [0.25, 0.3) is 0 Å². The molecule has 0 saturated carbocycles. The van der Waals surface area contributed by atoms with Crippen molar-refractivity contribution in [2.45, 2.75) is 103 Å². The second-order valence-electron chi connectivity index (χ2n) is 10.0. The molecule has 2 aliphatic rings. The Balaban J connectivity index is 1.94. The van der Waals surface area contributed by atoms with Gasteiger partial charge in [0.15, 0.2) is 0 Å². The molecule has 2 atom stereocenters. The largest absolute Gasteiger partial charge is 0.487 e. The quantitative estimate of drug-likeness (QED) is 0.416. The third-order valence-corrected chi connectivity index (χ3v) is 6.99. The average molecular weight is 387 g/mol. The summed E-state index contributed by atoms with van der Waals surface area (Å²) >= 11 is 0. The summed E-state index contributed by atoms with van der Waals surface area (Å²) in [6.45, 7) is 14.0. The summed E-state index contributed by atoms with van der Waals surface area (Å²) < 4.78 is 12.0. The first-order valence-corrected chi connectivity index (χ1v) is 11.2. The molecule has 0 unspecified atom stereocenters. The van der Waals surface area contributed by atoms with Crippen LogP contribution in [0.1, 0.15) is 102 Å². The summed E-state index contributed by atoms with van der Waals surface area (Å²) in [4.78, 5) is 12.2. The van der Waals surface area contributed by atoms with Gasteiger partial charge in [0, 0.05) is 17.4 Å². The number of carbonyl (C=O) groups is 1. The number of cyclic esters (lactones) is 1. The van der Waals surface area contributed by atoms with Crippen LogP contribution in [-0.4, -0.2) is 18.2 Å². The topological polar surface area (TPSA) is 35.5 Å². The standard InChI is InChI=1S/C25H38O3/c1-7-8-9-10-12-24(3,4)18-14-17(2)23-19-16-22(26)27-13-11-20(19)25(5,6)28-21(23)15-18/h14-15,19-20H,7-13,16H2,1-6H3/t19-,20-/m1/s1. The number of aryl methyl sites for hydroxylation is 1. The van der Waals surface area contributed by atoms with Crippen molar-refractivity contribution in [3.63, 3.8) is 0 Å². The van der Waals surface area contributed by atoms with E-state index in [0.717, 1.165) is 12.2 Å². The lowest BCUT2D eigenvalue weighted by Gasteiger charge is -2.45.